The highest BCUT2D eigenvalue weighted by atomic mass is 16.6. The normalized spacial score (nSPS) is 26.3. The second-order valence-electron chi connectivity index (χ2n) is 9.47. The van der Waals surface area contributed by atoms with Gasteiger partial charge in [-0.15, -0.1) is 0 Å². The third kappa shape index (κ3) is 3.47. The number of ether oxygens (including phenoxy) is 2. The van der Waals surface area contributed by atoms with Crippen molar-refractivity contribution in [2.75, 3.05) is 5.73 Å². The van der Waals surface area contributed by atoms with E-state index in [4.69, 9.17) is 19.6 Å². The molecule has 1 aromatic carbocycles. The van der Waals surface area contributed by atoms with E-state index in [1.165, 1.54) is 6.07 Å². The van der Waals surface area contributed by atoms with E-state index in [9.17, 15) is 9.59 Å². The number of benzene rings is 1. The first-order valence-corrected chi connectivity index (χ1v) is 11.6. The van der Waals surface area contributed by atoms with Gasteiger partial charge in [-0.05, 0) is 75.4 Å². The number of fused-ring (bicyclic) bond motifs is 2. The van der Waals surface area contributed by atoms with Gasteiger partial charge in [0.05, 0.1) is 0 Å². The molecule has 2 aliphatic rings. The number of hydrogen-bond donors (Lipinski definition) is 1. The molecule has 1 aliphatic carbocycles. The van der Waals surface area contributed by atoms with E-state index in [0.29, 0.717) is 35.6 Å². The summed E-state index contributed by atoms with van der Waals surface area (Å²) in [6.07, 6.45) is 6.37. The van der Waals surface area contributed by atoms with Crippen molar-refractivity contribution in [1.82, 2.24) is 4.98 Å². The third-order valence-corrected chi connectivity index (χ3v) is 7.43. The fourth-order valence-electron chi connectivity index (χ4n) is 5.50. The molecule has 0 unspecified atom stereocenters. The Morgan fingerprint density at radius 3 is 2.85 bits per heavy atom. The van der Waals surface area contributed by atoms with Crippen LogP contribution in [-0.4, -0.2) is 22.2 Å². The Morgan fingerprint density at radius 2 is 2.09 bits per heavy atom. The molecule has 0 amide bonds. The molecule has 0 bridgehead atoms. The molecule has 176 valence electrons. The van der Waals surface area contributed by atoms with E-state index in [0.717, 1.165) is 29.4 Å². The lowest BCUT2D eigenvalue weighted by Gasteiger charge is -2.52. The van der Waals surface area contributed by atoms with Gasteiger partial charge in [0.2, 0.25) is 0 Å². The molecule has 2 N–H and O–H groups in total. The standard InChI is InChI=1S/C27H28N2O5/c1-4-16(2)25(31)34-26(3)10-5-6-20(17-9-11-29-23(28)13-17)27(26)15-19-12-18-7-8-24(30)32-21(18)14-22(19)33-27/h4,7-9,11-14,20H,5-6,10,15H2,1-3H3,(H2,28,29)/b16-4+/t20-,26+,27+/m0/s1. The van der Waals surface area contributed by atoms with Gasteiger partial charge in [0.1, 0.15) is 22.8 Å². The molecule has 3 aromatic rings. The van der Waals surface area contributed by atoms with Crippen molar-refractivity contribution in [2.45, 2.75) is 63.6 Å². The predicted molar refractivity (Wildman–Crippen MR) is 129 cm³/mol. The third-order valence-electron chi connectivity index (χ3n) is 7.43. The Bertz CT molecular complexity index is 1380. The van der Waals surface area contributed by atoms with E-state index in [1.54, 1.807) is 31.3 Å². The van der Waals surface area contributed by atoms with E-state index in [1.807, 2.05) is 32.0 Å². The molecule has 5 rings (SSSR count). The first kappa shape index (κ1) is 22.2. The molecular formula is C27H28N2O5. The van der Waals surface area contributed by atoms with Crippen molar-refractivity contribution in [3.8, 4) is 5.75 Å². The van der Waals surface area contributed by atoms with Gasteiger partial charge in [-0.3, -0.25) is 0 Å². The van der Waals surface area contributed by atoms with Crippen LogP contribution < -0.4 is 16.1 Å². The van der Waals surface area contributed by atoms with Crippen molar-refractivity contribution in [1.29, 1.82) is 0 Å². The molecule has 0 saturated heterocycles. The molecular weight excluding hydrogens is 432 g/mol. The maximum Gasteiger partial charge on any atom is 0.336 e. The first-order chi connectivity index (χ1) is 16.2. The largest absolute Gasteiger partial charge is 0.482 e. The number of aromatic nitrogens is 1. The van der Waals surface area contributed by atoms with Crippen LogP contribution in [0.15, 0.2) is 63.5 Å². The van der Waals surface area contributed by atoms with Gasteiger partial charge in [-0.2, -0.15) is 0 Å². The molecule has 34 heavy (non-hydrogen) atoms. The summed E-state index contributed by atoms with van der Waals surface area (Å²) in [6.45, 7) is 5.54. The Balaban J connectivity index is 1.66. The van der Waals surface area contributed by atoms with Crippen LogP contribution >= 0.6 is 0 Å². The number of nitrogens with two attached hydrogens (primary N) is 1. The number of esters is 1. The molecule has 0 radical (unpaired) electrons. The number of nitrogen functional groups attached to an aromatic ring is 1. The highest BCUT2D eigenvalue weighted by molar-refractivity contribution is 5.88. The Kier molecular flexibility index (Phi) is 5.23. The van der Waals surface area contributed by atoms with Crippen molar-refractivity contribution in [3.63, 3.8) is 0 Å². The molecule has 7 heteroatoms. The molecule has 1 spiro atoms. The first-order valence-electron chi connectivity index (χ1n) is 11.6. The fourth-order valence-corrected chi connectivity index (χ4v) is 5.50. The number of pyridine rings is 1. The summed E-state index contributed by atoms with van der Waals surface area (Å²) < 4.78 is 18.4. The van der Waals surface area contributed by atoms with Gasteiger partial charge in [0.25, 0.3) is 0 Å². The summed E-state index contributed by atoms with van der Waals surface area (Å²) in [7, 11) is 0. The Morgan fingerprint density at radius 1 is 1.26 bits per heavy atom. The topological polar surface area (TPSA) is 105 Å². The second kappa shape index (κ2) is 8.01. The summed E-state index contributed by atoms with van der Waals surface area (Å²) in [5, 5.41) is 0.822. The molecule has 1 aliphatic heterocycles. The highest BCUT2D eigenvalue weighted by Gasteiger charge is 2.62. The minimum absolute atomic E-state index is 0.0854. The minimum atomic E-state index is -0.901. The monoisotopic (exact) mass is 460 g/mol. The molecule has 1 fully saturated rings. The Hall–Kier alpha value is -3.61. The SMILES string of the molecule is C/C=C(\C)C(=O)O[C@]1(C)CCC[C@@H](c2ccnc(N)c2)[C@]12Cc1cc3ccc(=O)oc3cc1O2. The van der Waals surface area contributed by atoms with E-state index in [2.05, 4.69) is 4.98 Å². The Labute approximate surface area is 197 Å². The zero-order valence-corrected chi connectivity index (χ0v) is 19.6. The number of allylic oxidation sites excluding steroid dienone is 1. The lowest BCUT2D eigenvalue weighted by molar-refractivity contribution is -0.193. The zero-order chi connectivity index (χ0) is 24.1. The maximum absolute atomic E-state index is 13.0. The van der Waals surface area contributed by atoms with Crippen LogP contribution in [0, 0.1) is 0 Å². The second-order valence-corrected chi connectivity index (χ2v) is 9.47. The number of carbonyl (C=O) groups is 1. The number of carbonyl (C=O) groups excluding carboxylic acids is 1. The summed E-state index contributed by atoms with van der Waals surface area (Å²) >= 11 is 0. The molecule has 3 atom stereocenters. The predicted octanol–water partition coefficient (Wildman–Crippen LogP) is 4.68. The lowest BCUT2D eigenvalue weighted by atomic mass is 9.62. The van der Waals surface area contributed by atoms with E-state index >= 15 is 0 Å². The van der Waals surface area contributed by atoms with Gasteiger partial charge in [-0.25, -0.2) is 14.6 Å². The van der Waals surface area contributed by atoms with Gasteiger partial charge in [-0.1, -0.05) is 6.08 Å². The quantitative estimate of drug-likeness (QED) is 0.344. The van der Waals surface area contributed by atoms with Gasteiger partial charge < -0.3 is 19.6 Å². The van der Waals surface area contributed by atoms with Crippen LogP contribution in [0.5, 0.6) is 5.75 Å². The molecule has 1 saturated carbocycles. The summed E-state index contributed by atoms with van der Waals surface area (Å²) in [4.78, 5) is 28.9. The van der Waals surface area contributed by atoms with Crippen molar-refractivity contribution >= 4 is 22.8 Å². The van der Waals surface area contributed by atoms with Crippen LogP contribution in [0.4, 0.5) is 5.82 Å². The van der Waals surface area contributed by atoms with Crippen LogP contribution in [0.1, 0.15) is 57.1 Å². The maximum atomic E-state index is 13.0. The average molecular weight is 461 g/mol. The van der Waals surface area contributed by atoms with E-state index < -0.39 is 16.8 Å². The summed E-state index contributed by atoms with van der Waals surface area (Å²) in [5.41, 5.74) is 6.87. The highest BCUT2D eigenvalue weighted by Crippen LogP contribution is 2.56. The molecule has 3 heterocycles. The van der Waals surface area contributed by atoms with E-state index in [-0.39, 0.29) is 11.9 Å². The zero-order valence-electron chi connectivity index (χ0n) is 19.6. The van der Waals surface area contributed by atoms with Crippen molar-refractivity contribution in [2.24, 2.45) is 0 Å². The van der Waals surface area contributed by atoms with Crippen molar-refractivity contribution < 1.29 is 18.7 Å². The number of rotatable bonds is 3. The van der Waals surface area contributed by atoms with Crippen LogP contribution in [0.2, 0.25) is 0 Å². The van der Waals surface area contributed by atoms with Crippen LogP contribution in [0.3, 0.4) is 0 Å². The molecule has 7 nitrogen and oxygen atoms in total. The van der Waals surface area contributed by atoms with Gasteiger partial charge in [0.15, 0.2) is 5.60 Å². The van der Waals surface area contributed by atoms with Crippen molar-refractivity contribution in [3.05, 3.63) is 75.8 Å². The van der Waals surface area contributed by atoms with Crippen LogP contribution in [0.25, 0.3) is 11.0 Å². The van der Waals surface area contributed by atoms with Gasteiger partial charge in [0, 0.05) is 41.6 Å². The van der Waals surface area contributed by atoms with Gasteiger partial charge >= 0.3 is 11.6 Å². The fraction of sp³-hybridized carbons (Fsp3) is 0.370. The van der Waals surface area contributed by atoms with Crippen LogP contribution in [-0.2, 0) is 16.0 Å². The lowest BCUT2D eigenvalue weighted by Crippen LogP contribution is -2.63. The summed E-state index contributed by atoms with van der Waals surface area (Å²) in [6, 6.07) is 10.8. The average Bonchev–Trinajstić information content (AvgIpc) is 3.18. The number of nitrogens with zero attached hydrogens (tertiary/aromatic N) is 1. The smallest absolute Gasteiger partial charge is 0.336 e. The summed E-state index contributed by atoms with van der Waals surface area (Å²) in [5.74, 6) is 0.637. The minimum Gasteiger partial charge on any atom is -0.482 e. The molecule has 2 aromatic heterocycles. The number of anilines is 1. The number of hydrogen-bond acceptors (Lipinski definition) is 7.